The summed E-state index contributed by atoms with van der Waals surface area (Å²) in [6.45, 7) is 15.3. The van der Waals surface area contributed by atoms with Crippen LogP contribution in [0, 0.1) is 5.82 Å². The van der Waals surface area contributed by atoms with Crippen molar-refractivity contribution < 1.29 is 36.3 Å². The maximum absolute atomic E-state index is 16.6. The molecule has 2 N–H and O–H groups in total. The summed E-state index contributed by atoms with van der Waals surface area (Å²) in [7, 11) is -6.69. The van der Waals surface area contributed by atoms with Crippen molar-refractivity contribution in [2.75, 3.05) is 10.8 Å². The summed E-state index contributed by atoms with van der Waals surface area (Å²) in [5, 5.41) is 2.75. The van der Waals surface area contributed by atoms with Crippen LogP contribution in [0.1, 0.15) is 58.2 Å². The fourth-order valence-corrected chi connectivity index (χ4v) is 7.34. The van der Waals surface area contributed by atoms with E-state index >= 15 is 4.39 Å². The molecule has 4 rings (SSSR count). The van der Waals surface area contributed by atoms with E-state index in [1.165, 1.54) is 0 Å². The molecule has 1 fully saturated rings. The second-order valence-corrected chi connectivity index (χ2v) is 19.9. The number of hydrogen-bond acceptors (Lipinski definition) is 7. The molecule has 0 saturated carbocycles. The summed E-state index contributed by atoms with van der Waals surface area (Å²) in [5.74, 6) is -1.62. The number of alkyl carbamates (subject to hydrolysis) is 1. The molecule has 0 aromatic heterocycles. The number of rotatable bonds is 7. The third-order valence-electron chi connectivity index (χ3n) is 7.95. The van der Waals surface area contributed by atoms with Gasteiger partial charge in [-0.3, -0.25) is 4.79 Å². The third kappa shape index (κ3) is 7.50. The summed E-state index contributed by atoms with van der Waals surface area (Å²) in [5.41, 5.74) is 0.483. The number of nitrogens with one attached hydrogen (secondary N) is 2. The molecule has 0 bridgehead atoms. The first kappa shape index (κ1) is 32.7. The van der Waals surface area contributed by atoms with Gasteiger partial charge in [0.1, 0.15) is 30.2 Å². The lowest BCUT2D eigenvalue weighted by molar-refractivity contribution is -0.117. The molecule has 13 heteroatoms. The molecule has 2 aromatic carbocycles. The molecule has 2 atom stereocenters. The fraction of sp³-hybridized carbons (Fsp3) is 0.533. The average Bonchev–Trinajstić information content (AvgIpc) is 3.13. The van der Waals surface area contributed by atoms with Gasteiger partial charge in [-0.15, -0.1) is 0 Å². The van der Waals surface area contributed by atoms with Crippen LogP contribution >= 0.6 is 0 Å². The lowest BCUT2D eigenvalue weighted by Crippen LogP contribution is -2.55. The van der Waals surface area contributed by atoms with E-state index < -0.39 is 60.6 Å². The number of carbonyl (C=O) groups is 2. The Morgan fingerprint density at radius 3 is 2.33 bits per heavy atom. The number of hydrogen-bond donors (Lipinski definition) is 2. The topological polar surface area (TPSA) is 123 Å². The highest BCUT2D eigenvalue weighted by molar-refractivity contribution is 7.92. The minimum absolute atomic E-state index is 0.00944. The van der Waals surface area contributed by atoms with Crippen molar-refractivity contribution >= 4 is 36.2 Å². The Hall–Kier alpha value is -3.16. The molecule has 2 amide bonds. The van der Waals surface area contributed by atoms with Crippen molar-refractivity contribution in [2.45, 2.75) is 96.9 Å². The predicted molar refractivity (Wildman–Crippen MR) is 164 cm³/mol. The number of nitrogens with zero attached hydrogens (tertiary/aromatic N) is 1. The number of anilines is 1. The van der Waals surface area contributed by atoms with Crippen molar-refractivity contribution in [1.29, 1.82) is 0 Å². The first-order valence-electron chi connectivity index (χ1n) is 14.3. The Bertz CT molecular complexity index is 1490. The van der Waals surface area contributed by atoms with Crippen molar-refractivity contribution in [2.24, 2.45) is 0 Å². The van der Waals surface area contributed by atoms with Gasteiger partial charge in [0.25, 0.3) is 5.91 Å². The predicted octanol–water partition coefficient (Wildman–Crippen LogP) is 4.97. The number of fused-ring (bicyclic) bond motifs is 1. The molecule has 0 radical (unpaired) electrons. The smallest absolute Gasteiger partial charge is 0.407 e. The summed E-state index contributed by atoms with van der Waals surface area (Å²) in [4.78, 5) is 25.0. The van der Waals surface area contributed by atoms with Crippen LogP contribution in [0.3, 0.4) is 0 Å². The minimum atomic E-state index is -4.34. The monoisotopic (exact) mass is 635 g/mol. The van der Waals surface area contributed by atoms with Gasteiger partial charge in [0.05, 0.1) is 12.1 Å². The Kier molecular flexibility index (Phi) is 8.94. The quantitative estimate of drug-likeness (QED) is 0.412. The molecule has 1 saturated heterocycles. The van der Waals surface area contributed by atoms with E-state index in [0.717, 1.165) is 5.56 Å². The molecule has 10 nitrogen and oxygen atoms in total. The van der Waals surface area contributed by atoms with Crippen LogP contribution in [0.2, 0.25) is 18.1 Å². The molecule has 0 spiro atoms. The number of amides is 2. The van der Waals surface area contributed by atoms with Crippen molar-refractivity contribution in [3.63, 3.8) is 0 Å². The number of ether oxygens (including phenoxy) is 2. The van der Waals surface area contributed by atoms with Crippen LogP contribution in [0.15, 0.2) is 36.4 Å². The lowest BCUT2D eigenvalue weighted by atomic mass is 9.85. The summed E-state index contributed by atoms with van der Waals surface area (Å²) in [6.07, 6.45) is -0.913. The highest BCUT2D eigenvalue weighted by Gasteiger charge is 2.45. The van der Waals surface area contributed by atoms with E-state index in [4.69, 9.17) is 13.9 Å². The normalized spacial score (nSPS) is 20.3. The lowest BCUT2D eigenvalue weighted by Gasteiger charge is -2.43. The maximum atomic E-state index is 16.6. The van der Waals surface area contributed by atoms with Gasteiger partial charge in [0.15, 0.2) is 14.1 Å². The molecule has 236 valence electrons. The molecule has 1 heterocycles. The van der Waals surface area contributed by atoms with Crippen LogP contribution < -0.4 is 19.1 Å². The van der Waals surface area contributed by atoms with Gasteiger partial charge in [0.2, 0.25) is 0 Å². The van der Waals surface area contributed by atoms with Gasteiger partial charge in [-0.05, 0) is 74.5 Å². The number of carbonyl (C=O) groups excluding carboxylic acids is 2. The van der Waals surface area contributed by atoms with Crippen molar-refractivity contribution in [1.82, 2.24) is 10.0 Å². The molecular formula is C30H42FN3O7SSi. The van der Waals surface area contributed by atoms with Gasteiger partial charge < -0.3 is 19.2 Å². The highest BCUT2D eigenvalue weighted by atomic mass is 32.2. The molecular weight excluding hydrogens is 593 g/mol. The standard InChI is InChI=1S/C30H42FN3O7SSi/c1-29(2,3)40-28(36)32-22-16-21-20(14-23(22)41-43(7,8)30(4,5)6)15-24(39-18-19-12-10-9-11-13-19)27(26(21)31)34-17-25(35)33-42(34,37)38/h9-13,15,22-23H,14,16-18H2,1-8H3,(H,32,36)(H,33,35)/t22-,23-/m0/s1. The van der Waals surface area contributed by atoms with Crippen molar-refractivity contribution in [3.05, 3.63) is 58.9 Å². The molecule has 2 aliphatic rings. The summed E-state index contributed by atoms with van der Waals surface area (Å²) < 4.78 is 63.2. The number of halogens is 1. The van der Waals surface area contributed by atoms with Crippen LogP contribution in [0.25, 0.3) is 0 Å². The average molecular weight is 636 g/mol. The third-order valence-corrected chi connectivity index (χ3v) is 13.8. The Balaban J connectivity index is 1.79. The zero-order valence-corrected chi connectivity index (χ0v) is 27.9. The SMILES string of the molecule is CC(C)(C)OC(=O)N[C@H]1Cc2c(cc(OCc3ccccc3)c(N3CC(=O)NS3(=O)=O)c2F)C[C@@H]1O[Si](C)(C)C(C)(C)C. The van der Waals surface area contributed by atoms with E-state index in [-0.39, 0.29) is 41.5 Å². The van der Waals surface area contributed by atoms with Crippen LogP contribution in [0.5, 0.6) is 5.75 Å². The highest BCUT2D eigenvalue weighted by Crippen LogP contribution is 2.43. The fourth-order valence-electron chi connectivity index (χ4n) is 4.82. The Labute approximate surface area is 254 Å². The Morgan fingerprint density at radius 2 is 1.77 bits per heavy atom. The molecule has 2 aromatic rings. The van der Waals surface area contributed by atoms with Gasteiger partial charge in [-0.2, -0.15) is 8.42 Å². The Morgan fingerprint density at radius 1 is 1.12 bits per heavy atom. The second-order valence-electron chi connectivity index (χ2n) is 13.6. The summed E-state index contributed by atoms with van der Waals surface area (Å²) >= 11 is 0. The zero-order valence-electron chi connectivity index (χ0n) is 26.0. The van der Waals surface area contributed by atoms with E-state index in [9.17, 15) is 18.0 Å². The van der Waals surface area contributed by atoms with E-state index in [1.807, 2.05) is 35.1 Å². The molecule has 1 aliphatic heterocycles. The van der Waals surface area contributed by atoms with E-state index in [0.29, 0.717) is 9.87 Å². The number of benzene rings is 2. The van der Waals surface area contributed by atoms with Gasteiger partial charge in [-0.1, -0.05) is 51.1 Å². The van der Waals surface area contributed by atoms with E-state index in [2.05, 4.69) is 39.2 Å². The van der Waals surface area contributed by atoms with Gasteiger partial charge in [-0.25, -0.2) is 18.2 Å². The van der Waals surface area contributed by atoms with Gasteiger partial charge >= 0.3 is 16.3 Å². The van der Waals surface area contributed by atoms with Crippen molar-refractivity contribution in [3.8, 4) is 5.75 Å². The minimum Gasteiger partial charge on any atom is -0.487 e. The molecule has 1 aliphatic carbocycles. The van der Waals surface area contributed by atoms with E-state index in [1.54, 1.807) is 26.8 Å². The van der Waals surface area contributed by atoms with Crippen LogP contribution in [-0.4, -0.2) is 53.0 Å². The molecule has 43 heavy (non-hydrogen) atoms. The first-order valence-corrected chi connectivity index (χ1v) is 18.6. The largest absolute Gasteiger partial charge is 0.487 e. The van der Waals surface area contributed by atoms with Crippen LogP contribution in [-0.2, 0) is 43.6 Å². The zero-order chi connectivity index (χ0) is 32.0. The van der Waals surface area contributed by atoms with Crippen LogP contribution in [0.4, 0.5) is 14.9 Å². The first-order chi connectivity index (χ1) is 19.8. The molecule has 0 unspecified atom stereocenters. The maximum Gasteiger partial charge on any atom is 0.407 e. The summed E-state index contributed by atoms with van der Waals surface area (Å²) in [6, 6.07) is 10.2. The second kappa shape index (κ2) is 11.7. The van der Waals surface area contributed by atoms with Gasteiger partial charge in [0, 0.05) is 0 Å².